The van der Waals surface area contributed by atoms with E-state index in [2.05, 4.69) is 10.5 Å². The minimum absolute atomic E-state index is 0.0347. The van der Waals surface area contributed by atoms with Gasteiger partial charge in [-0.05, 0) is 62.4 Å². The van der Waals surface area contributed by atoms with Gasteiger partial charge in [-0.15, -0.1) is 11.3 Å². The van der Waals surface area contributed by atoms with Gasteiger partial charge < -0.3 is 5.11 Å². The number of aromatic hydroxyl groups is 1. The summed E-state index contributed by atoms with van der Waals surface area (Å²) in [6, 6.07) is 14.5. The summed E-state index contributed by atoms with van der Waals surface area (Å²) in [5.41, 5.74) is 5.86. The van der Waals surface area contributed by atoms with Gasteiger partial charge in [0.25, 0.3) is 11.5 Å². The average molecular weight is 505 g/mol. The molecule has 35 heavy (non-hydrogen) atoms. The SMILES string of the molecule is Cc1ccc(-n2c(SCC(=O)N/N=C\c3ccccc3O)nc3sc4c(c3c2=O)CCCC4)cc1. The molecule has 0 saturated carbocycles. The van der Waals surface area contributed by atoms with Gasteiger partial charge in [-0.2, -0.15) is 5.10 Å². The normalized spacial score (nSPS) is 13.3. The highest BCUT2D eigenvalue weighted by Gasteiger charge is 2.23. The number of fused-ring (bicyclic) bond motifs is 3. The third-order valence-corrected chi connectivity index (χ3v) is 8.04. The number of aryl methyl sites for hydroxylation is 3. The van der Waals surface area contributed by atoms with E-state index in [1.165, 1.54) is 22.9 Å². The molecule has 0 aliphatic heterocycles. The van der Waals surface area contributed by atoms with E-state index >= 15 is 0 Å². The Labute approximate surface area is 210 Å². The molecular formula is C26H24N4O3S2. The number of para-hydroxylation sites is 1. The van der Waals surface area contributed by atoms with Crippen molar-refractivity contribution in [2.24, 2.45) is 5.10 Å². The number of aromatic nitrogens is 2. The van der Waals surface area contributed by atoms with Crippen LogP contribution < -0.4 is 11.0 Å². The molecule has 1 aliphatic rings. The third-order valence-electron chi connectivity index (χ3n) is 5.91. The van der Waals surface area contributed by atoms with Crippen LogP contribution in [0.3, 0.4) is 0 Å². The molecule has 178 valence electrons. The number of nitrogens with zero attached hydrogens (tertiary/aromatic N) is 3. The van der Waals surface area contributed by atoms with Gasteiger partial charge in [0, 0.05) is 10.4 Å². The van der Waals surface area contributed by atoms with Crippen LogP contribution in [0.15, 0.2) is 63.6 Å². The molecule has 7 nitrogen and oxygen atoms in total. The number of phenolic OH excluding ortho intramolecular Hbond substituents is 1. The molecule has 2 heterocycles. The van der Waals surface area contributed by atoms with E-state index in [1.54, 1.807) is 40.2 Å². The number of amides is 1. The lowest BCUT2D eigenvalue weighted by Gasteiger charge is -2.13. The van der Waals surface area contributed by atoms with Gasteiger partial charge in [0.1, 0.15) is 10.6 Å². The molecule has 2 aromatic heterocycles. The van der Waals surface area contributed by atoms with Crippen molar-refractivity contribution in [1.82, 2.24) is 15.0 Å². The molecule has 4 aromatic rings. The molecule has 2 aromatic carbocycles. The lowest BCUT2D eigenvalue weighted by molar-refractivity contribution is -0.118. The summed E-state index contributed by atoms with van der Waals surface area (Å²) in [5.74, 6) is -0.220. The summed E-state index contributed by atoms with van der Waals surface area (Å²) in [6.45, 7) is 2.00. The fourth-order valence-corrected chi connectivity index (χ4v) is 6.25. The Morgan fingerprint density at radius 2 is 1.97 bits per heavy atom. The van der Waals surface area contributed by atoms with Crippen molar-refractivity contribution in [2.75, 3.05) is 5.75 Å². The van der Waals surface area contributed by atoms with Gasteiger partial charge in [-0.1, -0.05) is 41.6 Å². The molecule has 5 rings (SSSR count). The van der Waals surface area contributed by atoms with Gasteiger partial charge in [-0.25, -0.2) is 10.4 Å². The zero-order chi connectivity index (χ0) is 24.4. The highest BCUT2D eigenvalue weighted by molar-refractivity contribution is 7.99. The fourth-order valence-electron chi connectivity index (χ4n) is 4.14. The Hall–Kier alpha value is -3.43. The molecule has 0 atom stereocenters. The number of hydrogen-bond donors (Lipinski definition) is 2. The van der Waals surface area contributed by atoms with Crippen molar-refractivity contribution in [1.29, 1.82) is 0 Å². The first kappa shape index (κ1) is 23.3. The molecule has 0 spiro atoms. The van der Waals surface area contributed by atoms with Crippen LogP contribution in [0.5, 0.6) is 5.75 Å². The molecule has 0 fully saturated rings. The summed E-state index contributed by atoms with van der Waals surface area (Å²) in [4.78, 5) is 33.1. The number of carbonyl (C=O) groups is 1. The molecule has 0 saturated heterocycles. The van der Waals surface area contributed by atoms with Crippen LogP contribution in [-0.2, 0) is 17.6 Å². The molecule has 0 bridgehead atoms. The van der Waals surface area contributed by atoms with E-state index in [0.717, 1.165) is 47.3 Å². The van der Waals surface area contributed by atoms with Crippen molar-refractivity contribution in [3.63, 3.8) is 0 Å². The first-order chi connectivity index (χ1) is 17.0. The minimum Gasteiger partial charge on any atom is -0.507 e. The van der Waals surface area contributed by atoms with Crippen molar-refractivity contribution in [2.45, 2.75) is 37.8 Å². The van der Waals surface area contributed by atoms with Gasteiger partial charge >= 0.3 is 0 Å². The lowest BCUT2D eigenvalue weighted by atomic mass is 9.97. The van der Waals surface area contributed by atoms with Crippen LogP contribution in [0.2, 0.25) is 0 Å². The number of phenols is 1. The van der Waals surface area contributed by atoms with E-state index in [1.807, 2.05) is 31.2 Å². The number of hydrazone groups is 1. The minimum atomic E-state index is -0.336. The number of thiophene rings is 1. The van der Waals surface area contributed by atoms with Crippen molar-refractivity contribution >= 4 is 45.4 Å². The largest absolute Gasteiger partial charge is 0.507 e. The second kappa shape index (κ2) is 10.1. The van der Waals surface area contributed by atoms with E-state index in [0.29, 0.717) is 16.1 Å². The summed E-state index contributed by atoms with van der Waals surface area (Å²) in [6.07, 6.45) is 5.50. The van der Waals surface area contributed by atoms with E-state index in [4.69, 9.17) is 4.98 Å². The monoisotopic (exact) mass is 504 g/mol. The van der Waals surface area contributed by atoms with Gasteiger partial charge in [0.05, 0.1) is 23.0 Å². The summed E-state index contributed by atoms with van der Waals surface area (Å²) < 4.78 is 1.62. The zero-order valence-corrected chi connectivity index (χ0v) is 20.8. The predicted octanol–water partition coefficient (Wildman–Crippen LogP) is 4.58. The van der Waals surface area contributed by atoms with Gasteiger partial charge in [0.15, 0.2) is 5.16 Å². The van der Waals surface area contributed by atoms with E-state index in [-0.39, 0.29) is 23.0 Å². The maximum Gasteiger partial charge on any atom is 0.267 e. The molecule has 2 N–H and O–H groups in total. The van der Waals surface area contributed by atoms with Crippen LogP contribution in [0.25, 0.3) is 15.9 Å². The fraction of sp³-hybridized carbons (Fsp3) is 0.231. The van der Waals surface area contributed by atoms with E-state index in [9.17, 15) is 14.7 Å². The Kier molecular flexibility index (Phi) is 6.70. The second-order valence-corrected chi connectivity index (χ2v) is 10.4. The highest BCUT2D eigenvalue weighted by Crippen LogP contribution is 2.35. The maximum absolute atomic E-state index is 13.7. The number of thioether (sulfide) groups is 1. The number of carbonyl (C=O) groups excluding carboxylic acids is 1. The maximum atomic E-state index is 13.7. The molecule has 1 aliphatic carbocycles. The van der Waals surface area contributed by atoms with Gasteiger partial charge in [0.2, 0.25) is 0 Å². The Morgan fingerprint density at radius 3 is 2.77 bits per heavy atom. The van der Waals surface area contributed by atoms with Gasteiger partial charge in [-0.3, -0.25) is 14.2 Å². The first-order valence-corrected chi connectivity index (χ1v) is 13.2. The van der Waals surface area contributed by atoms with Crippen LogP contribution >= 0.6 is 23.1 Å². The number of rotatable bonds is 6. The molecule has 0 unspecified atom stereocenters. The summed E-state index contributed by atoms with van der Waals surface area (Å²) in [7, 11) is 0. The Balaban J connectivity index is 1.44. The topological polar surface area (TPSA) is 96.6 Å². The first-order valence-electron chi connectivity index (χ1n) is 11.4. The number of benzene rings is 2. The van der Waals surface area contributed by atoms with Crippen LogP contribution in [0, 0.1) is 6.92 Å². The molecule has 1 amide bonds. The average Bonchev–Trinajstić information content (AvgIpc) is 3.23. The van der Waals surface area contributed by atoms with E-state index < -0.39 is 0 Å². The standard InChI is InChI=1S/C26H24N4O3S2/c1-16-10-12-18(13-11-16)30-25(33)23-19-7-3-5-9-21(19)35-24(23)28-26(30)34-15-22(32)29-27-14-17-6-2-4-8-20(17)31/h2,4,6,8,10-14,31H,3,5,7,9,15H2,1H3,(H,29,32)/b27-14-. The third kappa shape index (κ3) is 4.87. The van der Waals surface area contributed by atoms with Crippen molar-refractivity contribution in [3.8, 4) is 11.4 Å². The second-order valence-electron chi connectivity index (χ2n) is 8.40. The molecular weight excluding hydrogens is 480 g/mol. The predicted molar refractivity (Wildman–Crippen MR) is 141 cm³/mol. The molecule has 9 heteroatoms. The van der Waals surface area contributed by atoms with Crippen LogP contribution in [0.4, 0.5) is 0 Å². The number of hydrogen-bond acceptors (Lipinski definition) is 7. The van der Waals surface area contributed by atoms with Crippen LogP contribution in [0.1, 0.15) is 34.4 Å². The molecule has 0 radical (unpaired) electrons. The van der Waals surface area contributed by atoms with Crippen molar-refractivity contribution < 1.29 is 9.90 Å². The Morgan fingerprint density at radius 1 is 1.20 bits per heavy atom. The van der Waals surface area contributed by atoms with Crippen LogP contribution in [-0.4, -0.2) is 32.5 Å². The van der Waals surface area contributed by atoms with Crippen molar-refractivity contribution in [3.05, 3.63) is 80.5 Å². The highest BCUT2D eigenvalue weighted by atomic mass is 32.2. The smallest absolute Gasteiger partial charge is 0.267 e. The summed E-state index contributed by atoms with van der Waals surface area (Å²) in [5, 5.41) is 14.9. The quantitative estimate of drug-likeness (QED) is 0.173. The Bertz CT molecular complexity index is 1490. The zero-order valence-electron chi connectivity index (χ0n) is 19.2. The number of nitrogens with one attached hydrogen (secondary N) is 1. The lowest BCUT2D eigenvalue weighted by Crippen LogP contribution is -2.24. The summed E-state index contributed by atoms with van der Waals surface area (Å²) >= 11 is 2.80.